The van der Waals surface area contributed by atoms with Crippen LogP contribution in [0.15, 0.2) is 34.2 Å². The van der Waals surface area contributed by atoms with Gasteiger partial charge < -0.3 is 0 Å². The predicted molar refractivity (Wildman–Crippen MR) is 62.0 cm³/mol. The Balaban J connectivity index is 3.36. The van der Waals surface area contributed by atoms with Gasteiger partial charge in [-0.25, -0.2) is 0 Å². The van der Waals surface area contributed by atoms with Gasteiger partial charge in [0.25, 0.3) is 0 Å². The molecule has 2 heteroatoms. The third kappa shape index (κ3) is 1.87. The van der Waals surface area contributed by atoms with Crippen LogP contribution in [0.5, 0.6) is 0 Å². The highest BCUT2D eigenvalue weighted by atomic mass is 79.9. The maximum atomic E-state index is 3.72. The number of benzene rings is 1. The lowest BCUT2D eigenvalue weighted by Gasteiger charge is -2.03. The van der Waals surface area contributed by atoms with Crippen molar-refractivity contribution >= 4 is 44.0 Å². The molecule has 1 aromatic rings. The molecular weight excluding hydrogens is 280 g/mol. The lowest BCUT2D eigenvalue weighted by atomic mass is 10.1. The van der Waals surface area contributed by atoms with Crippen LogP contribution in [0.25, 0.3) is 12.2 Å². The molecular formula is C10H8Br2. The number of halogens is 2. The molecule has 62 valence electrons. The van der Waals surface area contributed by atoms with Crippen molar-refractivity contribution in [2.75, 3.05) is 0 Å². The highest BCUT2D eigenvalue weighted by Gasteiger charge is 2.01. The predicted octanol–water partition coefficient (Wildman–Crippen LogP) is 4.50. The van der Waals surface area contributed by atoms with E-state index in [0.717, 1.165) is 20.1 Å². The summed E-state index contributed by atoms with van der Waals surface area (Å²) in [7, 11) is 0. The molecule has 0 saturated carbocycles. The summed E-state index contributed by atoms with van der Waals surface area (Å²) in [5, 5.41) is 0. The number of hydrogen-bond acceptors (Lipinski definition) is 0. The maximum absolute atomic E-state index is 3.72. The number of rotatable bonds is 2. The van der Waals surface area contributed by atoms with E-state index in [1.807, 2.05) is 18.2 Å². The van der Waals surface area contributed by atoms with Crippen LogP contribution in [0, 0.1) is 0 Å². The Morgan fingerprint density at radius 1 is 1.00 bits per heavy atom. The van der Waals surface area contributed by atoms with E-state index in [2.05, 4.69) is 45.0 Å². The molecule has 0 radical (unpaired) electrons. The van der Waals surface area contributed by atoms with Crippen LogP contribution >= 0.6 is 31.9 Å². The van der Waals surface area contributed by atoms with E-state index in [9.17, 15) is 0 Å². The van der Waals surface area contributed by atoms with E-state index in [1.54, 1.807) is 6.08 Å². The normalized spacial score (nSPS) is 9.50. The summed E-state index contributed by atoms with van der Waals surface area (Å²) in [6, 6.07) is 4.02. The van der Waals surface area contributed by atoms with Gasteiger partial charge >= 0.3 is 0 Å². The van der Waals surface area contributed by atoms with E-state index in [-0.39, 0.29) is 0 Å². The number of hydrogen-bond donors (Lipinski definition) is 0. The van der Waals surface area contributed by atoms with Crippen LogP contribution in [0.3, 0.4) is 0 Å². The highest BCUT2D eigenvalue weighted by Crippen LogP contribution is 2.28. The van der Waals surface area contributed by atoms with E-state index >= 15 is 0 Å². The van der Waals surface area contributed by atoms with Crippen molar-refractivity contribution in [1.29, 1.82) is 0 Å². The van der Waals surface area contributed by atoms with Crippen molar-refractivity contribution in [3.63, 3.8) is 0 Å². The fraction of sp³-hybridized carbons (Fsp3) is 0. The van der Waals surface area contributed by atoms with Crippen LogP contribution in [0.2, 0.25) is 0 Å². The van der Waals surface area contributed by atoms with Crippen molar-refractivity contribution in [2.24, 2.45) is 0 Å². The lowest BCUT2D eigenvalue weighted by molar-refractivity contribution is 1.53. The zero-order valence-electron chi connectivity index (χ0n) is 6.48. The standard InChI is InChI=1S/C10H8Br2/c1-3-7-5-9(11)8(4-2)10(12)6-7/h3-6H,1-2H2. The first kappa shape index (κ1) is 9.75. The monoisotopic (exact) mass is 286 g/mol. The molecule has 1 aromatic carbocycles. The van der Waals surface area contributed by atoms with Gasteiger partial charge in [-0.3, -0.25) is 0 Å². The van der Waals surface area contributed by atoms with Gasteiger partial charge in [-0.05, 0) is 17.7 Å². The third-order valence-corrected chi connectivity index (χ3v) is 2.85. The van der Waals surface area contributed by atoms with E-state index in [4.69, 9.17) is 0 Å². The summed E-state index contributed by atoms with van der Waals surface area (Å²) < 4.78 is 2.06. The topological polar surface area (TPSA) is 0 Å². The van der Waals surface area contributed by atoms with Crippen LogP contribution in [-0.4, -0.2) is 0 Å². The van der Waals surface area contributed by atoms with Gasteiger partial charge in [0, 0.05) is 14.5 Å². The second-order valence-corrected chi connectivity index (χ2v) is 4.02. The van der Waals surface area contributed by atoms with Crippen LogP contribution in [-0.2, 0) is 0 Å². The molecule has 0 nitrogen and oxygen atoms in total. The molecule has 0 aromatic heterocycles. The average Bonchev–Trinajstić information content (AvgIpc) is 2.03. The third-order valence-electron chi connectivity index (χ3n) is 1.54. The molecule has 0 bridgehead atoms. The molecule has 0 aliphatic carbocycles. The van der Waals surface area contributed by atoms with Gasteiger partial charge in [0.15, 0.2) is 0 Å². The van der Waals surface area contributed by atoms with Crippen LogP contribution in [0.1, 0.15) is 11.1 Å². The summed E-state index contributed by atoms with van der Waals surface area (Å²) in [6.07, 6.45) is 3.61. The first-order valence-electron chi connectivity index (χ1n) is 3.43. The van der Waals surface area contributed by atoms with Gasteiger partial charge in [0.1, 0.15) is 0 Å². The minimum Gasteiger partial charge on any atom is -0.0985 e. The van der Waals surface area contributed by atoms with Gasteiger partial charge in [-0.15, -0.1) is 0 Å². The molecule has 0 aliphatic heterocycles. The molecule has 0 aliphatic rings. The largest absolute Gasteiger partial charge is 0.0985 e. The van der Waals surface area contributed by atoms with E-state index in [0.29, 0.717) is 0 Å². The summed E-state index contributed by atoms with van der Waals surface area (Å²) in [5.74, 6) is 0. The Morgan fingerprint density at radius 3 is 1.83 bits per heavy atom. The summed E-state index contributed by atoms with van der Waals surface area (Å²) in [4.78, 5) is 0. The molecule has 12 heavy (non-hydrogen) atoms. The second-order valence-electron chi connectivity index (χ2n) is 2.31. The Labute approximate surface area is 89.2 Å². The van der Waals surface area contributed by atoms with Crippen molar-refractivity contribution in [3.05, 3.63) is 45.4 Å². The summed E-state index contributed by atoms with van der Waals surface area (Å²) in [5.41, 5.74) is 2.15. The SMILES string of the molecule is C=Cc1cc(Br)c(C=C)c(Br)c1. The minimum atomic E-state index is 1.03. The summed E-state index contributed by atoms with van der Waals surface area (Å²) >= 11 is 6.90. The molecule has 0 spiro atoms. The zero-order chi connectivity index (χ0) is 9.14. The lowest BCUT2D eigenvalue weighted by Crippen LogP contribution is -1.80. The second kappa shape index (κ2) is 4.06. The van der Waals surface area contributed by atoms with E-state index in [1.165, 1.54) is 0 Å². The Kier molecular flexibility index (Phi) is 3.29. The van der Waals surface area contributed by atoms with Gasteiger partial charge in [0.2, 0.25) is 0 Å². The zero-order valence-corrected chi connectivity index (χ0v) is 9.65. The molecule has 0 fully saturated rings. The van der Waals surface area contributed by atoms with E-state index < -0.39 is 0 Å². The first-order chi connectivity index (χ1) is 5.69. The average molecular weight is 288 g/mol. The van der Waals surface area contributed by atoms with Gasteiger partial charge in [-0.2, -0.15) is 0 Å². The Bertz CT molecular complexity index is 304. The van der Waals surface area contributed by atoms with Crippen molar-refractivity contribution < 1.29 is 0 Å². The molecule has 0 amide bonds. The van der Waals surface area contributed by atoms with Gasteiger partial charge in [0.05, 0.1) is 0 Å². The molecule has 0 heterocycles. The molecule has 1 rings (SSSR count). The quantitative estimate of drug-likeness (QED) is 0.751. The smallest absolute Gasteiger partial charge is 0.0264 e. The fourth-order valence-corrected chi connectivity index (χ4v) is 2.46. The van der Waals surface area contributed by atoms with Gasteiger partial charge in [-0.1, -0.05) is 57.2 Å². The molecule has 0 N–H and O–H groups in total. The fourth-order valence-electron chi connectivity index (χ4n) is 0.917. The Hall–Kier alpha value is -0.340. The van der Waals surface area contributed by atoms with Crippen LogP contribution < -0.4 is 0 Å². The maximum Gasteiger partial charge on any atom is 0.0264 e. The molecule has 0 unspecified atom stereocenters. The van der Waals surface area contributed by atoms with Crippen molar-refractivity contribution in [3.8, 4) is 0 Å². The molecule has 0 saturated heterocycles. The first-order valence-corrected chi connectivity index (χ1v) is 5.01. The Morgan fingerprint density at radius 2 is 1.50 bits per heavy atom. The summed E-state index contributed by atoms with van der Waals surface area (Å²) in [6.45, 7) is 7.42. The molecule has 0 atom stereocenters. The van der Waals surface area contributed by atoms with Crippen molar-refractivity contribution in [2.45, 2.75) is 0 Å². The highest BCUT2D eigenvalue weighted by molar-refractivity contribution is 9.11. The van der Waals surface area contributed by atoms with Crippen LogP contribution in [0.4, 0.5) is 0 Å². The van der Waals surface area contributed by atoms with Crippen molar-refractivity contribution in [1.82, 2.24) is 0 Å². The minimum absolute atomic E-state index is 1.03.